The summed E-state index contributed by atoms with van der Waals surface area (Å²) in [7, 11) is 0. The number of allylic oxidation sites excluding steroid dienone is 3. The maximum atomic E-state index is 4.35. The van der Waals surface area contributed by atoms with Gasteiger partial charge in [0.1, 0.15) is 0 Å². The largest absolute Gasteiger partial charge is 0.264 e. The third-order valence-corrected chi connectivity index (χ3v) is 7.93. The molecule has 0 fully saturated rings. The van der Waals surface area contributed by atoms with E-state index in [1.165, 1.54) is 39.0 Å². The number of hydrogen-bond donors (Lipinski definition) is 0. The number of hydrogen-bond acceptors (Lipinski definition) is 2. The van der Waals surface area contributed by atoms with Crippen molar-refractivity contribution in [2.45, 2.75) is 81.6 Å². The number of nitrogens with zero attached hydrogens (tertiary/aromatic N) is 2. The van der Waals surface area contributed by atoms with Gasteiger partial charge in [-0.1, -0.05) is 122 Å². The predicted octanol–water partition coefficient (Wildman–Crippen LogP) is 9.81. The SMILES string of the molecule is CC(C)(C)C1=Cc2ccccc2C1.CC(C)(C)C1=Cc2cnccc2C1.CC(C)(C)C1=Cc2ncccc2C1. The molecule has 2 heterocycles. The zero-order valence-electron chi connectivity index (χ0n) is 25.5. The molecule has 1 aromatic carbocycles. The molecule has 2 aromatic heterocycles. The normalized spacial score (nSPS) is 15.5. The molecule has 0 atom stereocenters. The Hall–Kier alpha value is -3.26. The van der Waals surface area contributed by atoms with Crippen LogP contribution in [0.1, 0.15) is 95.8 Å². The van der Waals surface area contributed by atoms with E-state index in [0.717, 1.165) is 25.0 Å². The van der Waals surface area contributed by atoms with Gasteiger partial charge in [-0.2, -0.15) is 0 Å². The zero-order chi connectivity index (χ0) is 28.4. The van der Waals surface area contributed by atoms with Crippen molar-refractivity contribution >= 4 is 18.2 Å². The third kappa shape index (κ3) is 7.24. The fourth-order valence-electron chi connectivity index (χ4n) is 5.05. The molecule has 6 rings (SSSR count). The van der Waals surface area contributed by atoms with Gasteiger partial charge in [0.05, 0.1) is 5.69 Å². The second-order valence-electron chi connectivity index (χ2n) is 14.1. The smallest absolute Gasteiger partial charge is 0.0664 e. The average molecular weight is 519 g/mol. The van der Waals surface area contributed by atoms with Crippen molar-refractivity contribution in [1.29, 1.82) is 0 Å². The highest BCUT2D eigenvalue weighted by molar-refractivity contribution is 5.65. The van der Waals surface area contributed by atoms with Crippen LogP contribution < -0.4 is 0 Å². The van der Waals surface area contributed by atoms with Crippen molar-refractivity contribution in [2.24, 2.45) is 16.2 Å². The molecule has 0 saturated heterocycles. The molecule has 2 heteroatoms. The van der Waals surface area contributed by atoms with Crippen molar-refractivity contribution < 1.29 is 0 Å². The Labute approximate surface area is 237 Å². The summed E-state index contributed by atoms with van der Waals surface area (Å²) in [5.41, 5.74) is 13.6. The number of benzene rings is 1. The molecule has 0 spiro atoms. The second-order valence-corrected chi connectivity index (χ2v) is 14.1. The van der Waals surface area contributed by atoms with Crippen molar-refractivity contribution in [1.82, 2.24) is 9.97 Å². The van der Waals surface area contributed by atoms with E-state index in [9.17, 15) is 0 Å². The monoisotopic (exact) mass is 518 g/mol. The van der Waals surface area contributed by atoms with Crippen molar-refractivity contribution in [3.63, 3.8) is 0 Å². The number of fused-ring (bicyclic) bond motifs is 3. The van der Waals surface area contributed by atoms with Crippen LogP contribution in [0.5, 0.6) is 0 Å². The first kappa shape index (κ1) is 28.7. The Morgan fingerprint density at radius 2 is 1.03 bits per heavy atom. The van der Waals surface area contributed by atoms with E-state index in [1.54, 1.807) is 5.57 Å². The zero-order valence-corrected chi connectivity index (χ0v) is 25.5. The Morgan fingerprint density at radius 1 is 0.513 bits per heavy atom. The van der Waals surface area contributed by atoms with E-state index < -0.39 is 0 Å². The number of pyridine rings is 2. The van der Waals surface area contributed by atoms with E-state index in [0.29, 0.717) is 10.8 Å². The molecule has 0 bridgehead atoms. The lowest BCUT2D eigenvalue weighted by Gasteiger charge is -2.19. The summed E-state index contributed by atoms with van der Waals surface area (Å²) in [5, 5.41) is 0. The standard InChI is InChI=1S/C13H16.2C12H15N/c1-13(2,3)12-8-10-6-4-5-7-11(10)9-12;1-12(2,3)11-6-9-4-5-13-8-10(9)7-11;1-12(2,3)10-7-9-5-4-6-13-11(9)8-10/h4-8H,9H2,1-3H3;4-5,7-8H,6H2,1-3H3;4-6,8H,7H2,1-3H3. The minimum absolute atomic E-state index is 0.278. The third-order valence-electron chi connectivity index (χ3n) is 7.93. The topological polar surface area (TPSA) is 25.8 Å². The van der Waals surface area contributed by atoms with Gasteiger partial charge in [0, 0.05) is 18.6 Å². The molecule has 3 aliphatic rings. The first-order valence-corrected chi connectivity index (χ1v) is 14.3. The first-order valence-electron chi connectivity index (χ1n) is 14.3. The Morgan fingerprint density at radius 3 is 1.59 bits per heavy atom. The maximum Gasteiger partial charge on any atom is 0.0664 e. The molecule has 0 unspecified atom stereocenters. The molecule has 0 aliphatic heterocycles. The molecule has 0 amide bonds. The molecule has 0 N–H and O–H groups in total. The molecular weight excluding hydrogens is 472 g/mol. The van der Waals surface area contributed by atoms with Crippen LogP contribution in [0.4, 0.5) is 0 Å². The van der Waals surface area contributed by atoms with Crippen LogP contribution in [-0.2, 0) is 19.3 Å². The summed E-state index contributed by atoms with van der Waals surface area (Å²) >= 11 is 0. The molecule has 3 aromatic rings. The van der Waals surface area contributed by atoms with E-state index in [4.69, 9.17) is 0 Å². The molecule has 0 saturated carbocycles. The number of aromatic nitrogens is 2. The molecule has 3 aliphatic carbocycles. The van der Waals surface area contributed by atoms with Crippen LogP contribution >= 0.6 is 0 Å². The van der Waals surface area contributed by atoms with Crippen LogP contribution in [0, 0.1) is 16.2 Å². The molecular formula is C37H46N2. The van der Waals surface area contributed by atoms with Crippen molar-refractivity contribution in [3.05, 3.63) is 111 Å². The highest BCUT2D eigenvalue weighted by Crippen LogP contribution is 2.37. The quantitative estimate of drug-likeness (QED) is 0.296. The van der Waals surface area contributed by atoms with Gasteiger partial charge in [0.25, 0.3) is 0 Å². The highest BCUT2D eigenvalue weighted by atomic mass is 14.7. The van der Waals surface area contributed by atoms with Crippen LogP contribution in [-0.4, -0.2) is 9.97 Å². The van der Waals surface area contributed by atoms with Crippen LogP contribution in [0.3, 0.4) is 0 Å². The van der Waals surface area contributed by atoms with E-state index in [-0.39, 0.29) is 5.41 Å². The maximum absolute atomic E-state index is 4.35. The van der Waals surface area contributed by atoms with E-state index in [1.807, 2.05) is 24.7 Å². The summed E-state index contributed by atoms with van der Waals surface area (Å²) in [6.45, 7) is 20.4. The number of rotatable bonds is 0. The Kier molecular flexibility index (Phi) is 8.17. The minimum Gasteiger partial charge on any atom is -0.264 e. The van der Waals surface area contributed by atoms with Gasteiger partial charge in [0.2, 0.25) is 0 Å². The van der Waals surface area contributed by atoms with Gasteiger partial charge in [-0.3, -0.25) is 9.97 Å². The molecule has 2 nitrogen and oxygen atoms in total. The fraction of sp³-hybridized carbons (Fsp3) is 0.405. The van der Waals surface area contributed by atoms with Crippen molar-refractivity contribution in [3.8, 4) is 0 Å². The summed E-state index contributed by atoms with van der Waals surface area (Å²) < 4.78 is 0. The second kappa shape index (κ2) is 11.1. The minimum atomic E-state index is 0.278. The van der Waals surface area contributed by atoms with Crippen LogP contribution in [0.25, 0.3) is 18.2 Å². The van der Waals surface area contributed by atoms with Crippen LogP contribution in [0.2, 0.25) is 0 Å². The molecule has 0 radical (unpaired) electrons. The van der Waals surface area contributed by atoms with Gasteiger partial charge >= 0.3 is 0 Å². The van der Waals surface area contributed by atoms with Gasteiger partial charge in [-0.25, -0.2) is 0 Å². The average Bonchev–Trinajstić information content (AvgIpc) is 3.60. The van der Waals surface area contributed by atoms with Crippen LogP contribution in [0.15, 0.2) is 77.8 Å². The van der Waals surface area contributed by atoms with Gasteiger partial charge < -0.3 is 0 Å². The summed E-state index contributed by atoms with van der Waals surface area (Å²) in [6.07, 6.45) is 15.9. The lowest BCUT2D eigenvalue weighted by atomic mass is 9.85. The van der Waals surface area contributed by atoms with E-state index >= 15 is 0 Å². The molecule has 204 valence electrons. The lowest BCUT2D eigenvalue weighted by molar-refractivity contribution is 0.498. The van der Waals surface area contributed by atoms with Gasteiger partial charge in [-0.15, -0.1) is 0 Å². The Bertz CT molecular complexity index is 1240. The summed E-state index contributed by atoms with van der Waals surface area (Å²) in [4.78, 5) is 8.47. The van der Waals surface area contributed by atoms with Gasteiger partial charge in [0.15, 0.2) is 0 Å². The predicted molar refractivity (Wildman–Crippen MR) is 168 cm³/mol. The van der Waals surface area contributed by atoms with Crippen molar-refractivity contribution in [2.75, 3.05) is 0 Å². The highest BCUT2D eigenvalue weighted by Gasteiger charge is 2.24. The Balaban J connectivity index is 0.000000136. The van der Waals surface area contributed by atoms with E-state index in [2.05, 4.69) is 127 Å². The summed E-state index contributed by atoms with van der Waals surface area (Å²) in [5.74, 6) is 0. The molecule has 39 heavy (non-hydrogen) atoms. The first-order chi connectivity index (χ1) is 18.2. The summed E-state index contributed by atoms with van der Waals surface area (Å²) in [6, 6.07) is 15.0. The lowest BCUT2D eigenvalue weighted by Crippen LogP contribution is -2.08. The van der Waals surface area contributed by atoms with Gasteiger partial charge in [-0.05, 0) is 81.5 Å². The fourth-order valence-corrected chi connectivity index (χ4v) is 5.05.